The lowest BCUT2D eigenvalue weighted by Gasteiger charge is -2.34. The van der Waals surface area contributed by atoms with Crippen LogP contribution in [0, 0.1) is 6.92 Å². The topological polar surface area (TPSA) is 87.1 Å². The fraction of sp³-hybridized carbons (Fsp3) is 0.316. The van der Waals surface area contributed by atoms with E-state index in [-0.39, 0.29) is 12.4 Å². The molecule has 0 amide bonds. The molecule has 2 aromatic heterocycles. The number of hydrogen-bond donors (Lipinski definition) is 1. The predicted octanol–water partition coefficient (Wildman–Crippen LogP) is 4.34. The summed E-state index contributed by atoms with van der Waals surface area (Å²) in [5, 5.41) is 7.07. The lowest BCUT2D eigenvalue weighted by Crippen LogP contribution is -2.44. The summed E-state index contributed by atoms with van der Waals surface area (Å²) in [5.41, 5.74) is 7.78. The highest BCUT2D eigenvalue weighted by atomic mass is 35.5. The van der Waals surface area contributed by atoms with Crippen molar-refractivity contribution in [1.29, 1.82) is 0 Å². The molecule has 1 aromatic carbocycles. The molecule has 0 bridgehead atoms. The van der Waals surface area contributed by atoms with E-state index >= 15 is 0 Å². The van der Waals surface area contributed by atoms with Crippen molar-refractivity contribution < 1.29 is 9.26 Å². The fourth-order valence-corrected chi connectivity index (χ4v) is 3.36. The zero-order chi connectivity index (χ0) is 18.0. The van der Waals surface area contributed by atoms with Gasteiger partial charge in [0.2, 0.25) is 0 Å². The molecule has 0 unspecified atom stereocenters. The Hall–Kier alpha value is -2.22. The molecule has 0 saturated heterocycles. The standard InChI is InChI=1S/C19H20N4O2S.ClH/c1-13-21-15(12-26-13)11-24-16-6-3-14(4-7-16)5-8-17-22-18(23-25-17)19(20)9-2-10-19;/h3-8,12H,2,9-11,20H2,1H3;1H/b8-5+;. The molecule has 2 heterocycles. The van der Waals surface area contributed by atoms with Gasteiger partial charge in [-0.2, -0.15) is 4.98 Å². The van der Waals surface area contributed by atoms with Crippen LogP contribution in [0.25, 0.3) is 12.2 Å². The van der Waals surface area contributed by atoms with E-state index in [2.05, 4.69) is 15.1 Å². The summed E-state index contributed by atoms with van der Waals surface area (Å²) in [6, 6.07) is 7.82. The van der Waals surface area contributed by atoms with Crippen molar-refractivity contribution in [2.24, 2.45) is 5.73 Å². The van der Waals surface area contributed by atoms with Gasteiger partial charge in [0.1, 0.15) is 12.4 Å². The molecule has 1 saturated carbocycles. The molecule has 0 atom stereocenters. The van der Waals surface area contributed by atoms with E-state index in [9.17, 15) is 0 Å². The summed E-state index contributed by atoms with van der Waals surface area (Å²) >= 11 is 1.63. The second-order valence-electron chi connectivity index (χ2n) is 6.51. The minimum atomic E-state index is -0.398. The van der Waals surface area contributed by atoms with Crippen molar-refractivity contribution in [2.75, 3.05) is 0 Å². The number of thiazole rings is 1. The van der Waals surface area contributed by atoms with Crippen LogP contribution in [0.5, 0.6) is 5.75 Å². The zero-order valence-electron chi connectivity index (χ0n) is 14.9. The summed E-state index contributed by atoms with van der Waals surface area (Å²) < 4.78 is 11.0. The van der Waals surface area contributed by atoms with Crippen molar-refractivity contribution in [3.8, 4) is 5.75 Å². The molecule has 1 aliphatic carbocycles. The van der Waals surface area contributed by atoms with E-state index in [1.165, 1.54) is 0 Å². The fourth-order valence-electron chi connectivity index (χ4n) is 2.76. The van der Waals surface area contributed by atoms with E-state index in [0.29, 0.717) is 18.3 Å². The molecule has 0 spiro atoms. The van der Waals surface area contributed by atoms with Gasteiger partial charge in [0.25, 0.3) is 5.89 Å². The quantitative estimate of drug-likeness (QED) is 0.657. The van der Waals surface area contributed by atoms with Crippen molar-refractivity contribution in [2.45, 2.75) is 38.3 Å². The lowest BCUT2D eigenvalue weighted by molar-refractivity contribution is 0.229. The largest absolute Gasteiger partial charge is 0.487 e. The van der Waals surface area contributed by atoms with Crippen LogP contribution < -0.4 is 10.5 Å². The van der Waals surface area contributed by atoms with Crippen LogP contribution in [-0.4, -0.2) is 15.1 Å². The van der Waals surface area contributed by atoms with Crippen molar-refractivity contribution in [3.05, 3.63) is 57.6 Å². The maximum Gasteiger partial charge on any atom is 0.250 e. The molecule has 0 aliphatic heterocycles. The van der Waals surface area contributed by atoms with E-state index in [0.717, 1.165) is 41.3 Å². The highest BCUT2D eigenvalue weighted by molar-refractivity contribution is 7.09. The Labute approximate surface area is 167 Å². The number of rotatable bonds is 6. The monoisotopic (exact) mass is 404 g/mol. The Balaban J connectivity index is 0.00000210. The molecule has 1 aliphatic rings. The average molecular weight is 405 g/mol. The van der Waals surface area contributed by atoms with Crippen molar-refractivity contribution >= 4 is 35.9 Å². The molecule has 27 heavy (non-hydrogen) atoms. The molecule has 6 nitrogen and oxygen atoms in total. The van der Waals surface area contributed by atoms with Crippen LogP contribution in [0.15, 0.2) is 34.2 Å². The summed E-state index contributed by atoms with van der Waals surface area (Å²) in [4.78, 5) is 8.77. The van der Waals surface area contributed by atoms with E-state index in [1.807, 2.05) is 42.6 Å². The summed E-state index contributed by atoms with van der Waals surface area (Å²) in [7, 11) is 0. The van der Waals surface area contributed by atoms with Gasteiger partial charge in [0.15, 0.2) is 5.82 Å². The molecule has 142 valence electrons. The third-order valence-electron chi connectivity index (χ3n) is 4.48. The van der Waals surface area contributed by atoms with Gasteiger partial charge in [-0.25, -0.2) is 4.98 Å². The van der Waals surface area contributed by atoms with Crippen LogP contribution in [-0.2, 0) is 12.1 Å². The maximum absolute atomic E-state index is 6.21. The minimum absolute atomic E-state index is 0. The third kappa shape index (κ3) is 4.55. The third-order valence-corrected chi connectivity index (χ3v) is 5.31. The Bertz CT molecular complexity index is 916. The second kappa shape index (κ2) is 8.21. The molecule has 4 rings (SSSR count). The SMILES string of the molecule is Cc1nc(COc2ccc(/C=C/c3nc(C4(N)CCC4)no3)cc2)cs1.Cl. The van der Waals surface area contributed by atoms with Crippen LogP contribution in [0.1, 0.15) is 47.2 Å². The number of ether oxygens (including phenoxy) is 1. The first-order chi connectivity index (χ1) is 12.6. The van der Waals surface area contributed by atoms with E-state index in [4.69, 9.17) is 15.0 Å². The van der Waals surface area contributed by atoms with Crippen molar-refractivity contribution in [3.63, 3.8) is 0 Å². The Morgan fingerprint density at radius 2 is 2.00 bits per heavy atom. The number of hydrogen-bond acceptors (Lipinski definition) is 7. The Kier molecular flexibility index (Phi) is 5.94. The normalized spacial score (nSPS) is 15.3. The van der Waals surface area contributed by atoms with Gasteiger partial charge in [-0.3, -0.25) is 0 Å². The first-order valence-electron chi connectivity index (χ1n) is 8.56. The van der Waals surface area contributed by atoms with Gasteiger partial charge in [0.05, 0.1) is 16.2 Å². The summed E-state index contributed by atoms with van der Waals surface area (Å²) in [5.74, 6) is 1.88. The van der Waals surface area contributed by atoms with E-state index < -0.39 is 5.54 Å². The molecule has 1 fully saturated rings. The Morgan fingerprint density at radius 3 is 2.63 bits per heavy atom. The zero-order valence-corrected chi connectivity index (χ0v) is 16.6. The number of benzene rings is 1. The van der Waals surface area contributed by atoms with Gasteiger partial charge < -0.3 is 15.0 Å². The molecule has 8 heteroatoms. The van der Waals surface area contributed by atoms with Gasteiger partial charge >= 0.3 is 0 Å². The number of nitrogens with two attached hydrogens (primary N) is 1. The van der Waals surface area contributed by atoms with Gasteiger partial charge in [-0.15, -0.1) is 23.7 Å². The van der Waals surface area contributed by atoms with Crippen LogP contribution >= 0.6 is 23.7 Å². The summed E-state index contributed by atoms with van der Waals surface area (Å²) in [6.45, 7) is 2.46. The molecule has 3 aromatic rings. The van der Waals surface area contributed by atoms with Gasteiger partial charge in [0, 0.05) is 11.5 Å². The molecule has 0 radical (unpaired) electrons. The predicted molar refractivity (Wildman–Crippen MR) is 108 cm³/mol. The molecular formula is C19H21ClN4O2S. The highest BCUT2D eigenvalue weighted by Gasteiger charge is 2.38. The Morgan fingerprint density at radius 1 is 1.22 bits per heavy atom. The smallest absolute Gasteiger partial charge is 0.250 e. The number of halogens is 1. The van der Waals surface area contributed by atoms with Crippen molar-refractivity contribution in [1.82, 2.24) is 15.1 Å². The first-order valence-corrected chi connectivity index (χ1v) is 9.44. The van der Waals surface area contributed by atoms with E-state index in [1.54, 1.807) is 17.4 Å². The molecular weight excluding hydrogens is 384 g/mol. The summed E-state index contributed by atoms with van der Waals surface area (Å²) in [6.07, 6.45) is 6.67. The van der Waals surface area contributed by atoms with Gasteiger partial charge in [-0.1, -0.05) is 17.3 Å². The molecule has 2 N–H and O–H groups in total. The minimum Gasteiger partial charge on any atom is -0.487 e. The second-order valence-corrected chi connectivity index (χ2v) is 7.58. The van der Waals surface area contributed by atoms with Crippen LogP contribution in [0.4, 0.5) is 0 Å². The number of aryl methyl sites for hydroxylation is 1. The van der Waals surface area contributed by atoms with Crippen LogP contribution in [0.2, 0.25) is 0 Å². The average Bonchev–Trinajstić information content (AvgIpc) is 3.26. The van der Waals surface area contributed by atoms with Gasteiger partial charge in [-0.05, 0) is 50.0 Å². The lowest BCUT2D eigenvalue weighted by atomic mass is 9.77. The first kappa shape index (κ1) is 19.5. The van der Waals surface area contributed by atoms with Crippen LogP contribution in [0.3, 0.4) is 0 Å². The number of aromatic nitrogens is 3. The maximum atomic E-state index is 6.21. The number of nitrogens with zero attached hydrogens (tertiary/aromatic N) is 3. The highest BCUT2D eigenvalue weighted by Crippen LogP contribution is 2.36.